The van der Waals surface area contributed by atoms with Gasteiger partial charge in [0.2, 0.25) is 0 Å². The van der Waals surface area contributed by atoms with E-state index in [1.807, 2.05) is 6.92 Å². The van der Waals surface area contributed by atoms with Crippen LogP contribution in [0.4, 0.5) is 4.79 Å². The molecule has 1 unspecified atom stereocenters. The van der Waals surface area contributed by atoms with Gasteiger partial charge in [-0.05, 0) is 6.92 Å². The zero-order valence-electron chi connectivity index (χ0n) is 4.51. The first kappa shape index (κ1) is 5.08. The largest absolute Gasteiger partial charge is 0.335 e. The third-order valence-electron chi connectivity index (χ3n) is 0.823. The number of hydrogen-bond donors (Lipinski definition) is 2. The molecule has 0 radical (unpaired) electrons. The van der Waals surface area contributed by atoms with Gasteiger partial charge in [0.25, 0.3) is 0 Å². The summed E-state index contributed by atoms with van der Waals surface area (Å²) in [5.41, 5.74) is 2.23. The number of nitrogens with zero attached hydrogens (tertiary/aromatic N) is 1. The van der Waals surface area contributed by atoms with Crippen LogP contribution in [0.3, 0.4) is 0 Å². The molecule has 2 N–H and O–H groups in total. The van der Waals surface area contributed by atoms with E-state index in [0.29, 0.717) is 0 Å². The van der Waals surface area contributed by atoms with Crippen molar-refractivity contribution in [3.05, 3.63) is 0 Å². The Kier molecular flexibility index (Phi) is 1.15. The summed E-state index contributed by atoms with van der Waals surface area (Å²) in [4.78, 5) is 10.3. The molecule has 0 bridgehead atoms. The van der Waals surface area contributed by atoms with Crippen LogP contribution < -0.4 is 10.7 Å². The Bertz CT molecular complexity index is 131. The van der Waals surface area contributed by atoms with Gasteiger partial charge in [0.1, 0.15) is 0 Å². The number of nitrogens with one attached hydrogen (secondary N) is 2. The Morgan fingerprint density at radius 3 is 3.00 bits per heavy atom. The van der Waals surface area contributed by atoms with E-state index in [0.717, 1.165) is 0 Å². The van der Waals surface area contributed by atoms with E-state index in [2.05, 4.69) is 15.8 Å². The van der Waals surface area contributed by atoms with E-state index in [1.54, 1.807) is 6.21 Å². The molecule has 1 heterocycles. The minimum Gasteiger partial charge on any atom is -0.329 e. The second-order valence-corrected chi connectivity index (χ2v) is 1.65. The minimum absolute atomic E-state index is 0.0590. The average molecular weight is 113 g/mol. The van der Waals surface area contributed by atoms with E-state index in [-0.39, 0.29) is 12.1 Å². The first-order chi connectivity index (χ1) is 3.79. The molecule has 0 aromatic carbocycles. The standard InChI is InChI=1S/C4H7N3O/c1-3-2-5-7-4(8)6-3/h2-3H,1H3,(H2,6,7,8). The van der Waals surface area contributed by atoms with Crippen LogP contribution >= 0.6 is 0 Å². The molecule has 4 heteroatoms. The predicted octanol–water partition coefficient (Wildman–Crippen LogP) is -0.326. The Morgan fingerprint density at radius 1 is 1.88 bits per heavy atom. The summed E-state index contributed by atoms with van der Waals surface area (Å²) in [5, 5.41) is 6.13. The van der Waals surface area contributed by atoms with Crippen molar-refractivity contribution in [3.8, 4) is 0 Å². The third kappa shape index (κ3) is 0.959. The number of hydrogen-bond acceptors (Lipinski definition) is 2. The lowest BCUT2D eigenvalue weighted by molar-refractivity contribution is 0.239. The summed E-state index contributed by atoms with van der Waals surface area (Å²) in [5.74, 6) is 0. The maximum atomic E-state index is 10.3. The molecule has 0 saturated heterocycles. The fourth-order valence-electron chi connectivity index (χ4n) is 0.484. The molecule has 8 heavy (non-hydrogen) atoms. The number of amides is 2. The maximum Gasteiger partial charge on any atom is 0.335 e. The Hall–Kier alpha value is -1.06. The highest BCUT2D eigenvalue weighted by Gasteiger charge is 2.06. The fraction of sp³-hybridized carbons (Fsp3) is 0.500. The highest BCUT2D eigenvalue weighted by Crippen LogP contribution is 1.80. The number of urea groups is 1. The van der Waals surface area contributed by atoms with Crippen molar-refractivity contribution in [1.29, 1.82) is 0 Å². The van der Waals surface area contributed by atoms with Crippen molar-refractivity contribution in [2.45, 2.75) is 13.0 Å². The van der Waals surface area contributed by atoms with Crippen molar-refractivity contribution in [3.63, 3.8) is 0 Å². The summed E-state index contributed by atoms with van der Waals surface area (Å²) < 4.78 is 0. The summed E-state index contributed by atoms with van der Waals surface area (Å²) in [7, 11) is 0. The average Bonchev–Trinajstić information content (AvgIpc) is 1.64. The lowest BCUT2D eigenvalue weighted by Crippen LogP contribution is -2.43. The molecule has 1 aliphatic rings. The van der Waals surface area contributed by atoms with Crippen molar-refractivity contribution >= 4 is 12.2 Å². The van der Waals surface area contributed by atoms with Crippen LogP contribution in [0.15, 0.2) is 5.10 Å². The normalized spacial score (nSPS) is 26.6. The SMILES string of the molecule is CC1C=NNC(=O)N1. The number of hydrazone groups is 1. The van der Waals surface area contributed by atoms with Gasteiger partial charge in [-0.2, -0.15) is 5.10 Å². The molecule has 1 aliphatic heterocycles. The Labute approximate surface area is 47.0 Å². The molecular weight excluding hydrogens is 106 g/mol. The highest BCUT2D eigenvalue weighted by molar-refractivity contribution is 5.82. The Morgan fingerprint density at radius 2 is 2.62 bits per heavy atom. The van der Waals surface area contributed by atoms with Gasteiger partial charge >= 0.3 is 6.03 Å². The van der Waals surface area contributed by atoms with Crippen molar-refractivity contribution < 1.29 is 4.79 Å². The topological polar surface area (TPSA) is 53.5 Å². The van der Waals surface area contributed by atoms with Gasteiger partial charge in [-0.25, -0.2) is 10.2 Å². The summed E-state index contributed by atoms with van der Waals surface area (Å²) >= 11 is 0. The van der Waals surface area contributed by atoms with E-state index >= 15 is 0 Å². The summed E-state index contributed by atoms with van der Waals surface area (Å²) in [6.45, 7) is 1.85. The lowest BCUT2D eigenvalue weighted by Gasteiger charge is -2.11. The molecule has 4 nitrogen and oxygen atoms in total. The first-order valence-electron chi connectivity index (χ1n) is 2.39. The maximum absolute atomic E-state index is 10.3. The highest BCUT2D eigenvalue weighted by atomic mass is 16.2. The van der Waals surface area contributed by atoms with Gasteiger partial charge in [-0.1, -0.05) is 0 Å². The lowest BCUT2D eigenvalue weighted by atomic mass is 10.4. The van der Waals surface area contributed by atoms with E-state index in [4.69, 9.17) is 0 Å². The molecular formula is C4H7N3O. The van der Waals surface area contributed by atoms with Crippen molar-refractivity contribution in [1.82, 2.24) is 10.7 Å². The van der Waals surface area contributed by atoms with Crippen LogP contribution in [0.1, 0.15) is 6.92 Å². The van der Waals surface area contributed by atoms with E-state index in [1.165, 1.54) is 0 Å². The zero-order chi connectivity index (χ0) is 5.98. The quantitative estimate of drug-likeness (QED) is 0.444. The predicted molar refractivity (Wildman–Crippen MR) is 29.6 cm³/mol. The second-order valence-electron chi connectivity index (χ2n) is 1.65. The van der Waals surface area contributed by atoms with Gasteiger partial charge in [0.05, 0.1) is 6.04 Å². The molecule has 1 rings (SSSR count). The molecule has 0 aromatic heterocycles. The molecule has 0 fully saturated rings. The second kappa shape index (κ2) is 1.81. The van der Waals surface area contributed by atoms with Gasteiger partial charge in [0.15, 0.2) is 0 Å². The van der Waals surface area contributed by atoms with Crippen LogP contribution in [-0.4, -0.2) is 18.3 Å². The van der Waals surface area contributed by atoms with Gasteiger partial charge < -0.3 is 5.32 Å². The summed E-state index contributed by atoms with van der Waals surface area (Å²) in [6, 6.07) is -0.177. The molecule has 1 atom stereocenters. The van der Waals surface area contributed by atoms with Crippen LogP contribution in [-0.2, 0) is 0 Å². The van der Waals surface area contributed by atoms with Crippen LogP contribution in [0.5, 0.6) is 0 Å². The van der Waals surface area contributed by atoms with Crippen LogP contribution in [0.25, 0.3) is 0 Å². The molecule has 0 spiro atoms. The smallest absolute Gasteiger partial charge is 0.329 e. The Balaban J connectivity index is 2.54. The van der Waals surface area contributed by atoms with Crippen molar-refractivity contribution in [2.24, 2.45) is 5.10 Å². The number of carbonyl (C=O) groups excluding carboxylic acids is 1. The molecule has 0 saturated carbocycles. The third-order valence-corrected chi connectivity index (χ3v) is 0.823. The number of rotatable bonds is 0. The summed E-state index contributed by atoms with van der Waals surface area (Å²) in [6.07, 6.45) is 1.63. The minimum atomic E-state index is -0.236. The van der Waals surface area contributed by atoms with Gasteiger partial charge in [-0.3, -0.25) is 0 Å². The van der Waals surface area contributed by atoms with Crippen molar-refractivity contribution in [2.75, 3.05) is 0 Å². The van der Waals surface area contributed by atoms with Crippen LogP contribution in [0, 0.1) is 0 Å². The fourth-order valence-corrected chi connectivity index (χ4v) is 0.484. The molecule has 0 aromatic rings. The molecule has 2 amide bonds. The van der Waals surface area contributed by atoms with E-state index in [9.17, 15) is 4.79 Å². The first-order valence-corrected chi connectivity index (χ1v) is 2.39. The molecule has 44 valence electrons. The molecule has 0 aliphatic carbocycles. The monoisotopic (exact) mass is 113 g/mol. The van der Waals surface area contributed by atoms with Crippen LogP contribution in [0.2, 0.25) is 0 Å². The van der Waals surface area contributed by atoms with Gasteiger partial charge in [-0.15, -0.1) is 0 Å². The van der Waals surface area contributed by atoms with Gasteiger partial charge in [0, 0.05) is 6.21 Å². The zero-order valence-corrected chi connectivity index (χ0v) is 4.51. The van der Waals surface area contributed by atoms with E-state index < -0.39 is 0 Å². The number of carbonyl (C=O) groups is 1.